The van der Waals surface area contributed by atoms with Crippen molar-refractivity contribution in [2.24, 2.45) is 5.41 Å². The third-order valence-electron chi connectivity index (χ3n) is 6.14. The van der Waals surface area contributed by atoms with Crippen LogP contribution in [0.1, 0.15) is 49.5 Å². The number of anilines is 1. The lowest BCUT2D eigenvalue weighted by Crippen LogP contribution is -2.46. The summed E-state index contributed by atoms with van der Waals surface area (Å²) in [6.45, 7) is 8.01. The number of sulfonamides is 1. The topological polar surface area (TPSA) is 74.8 Å². The third kappa shape index (κ3) is 8.15. The highest BCUT2D eigenvalue weighted by Gasteiger charge is 2.35. The van der Waals surface area contributed by atoms with Gasteiger partial charge in [0.2, 0.25) is 5.91 Å². The Morgan fingerprint density at radius 3 is 1.95 bits per heavy atom. The molecule has 6 nitrogen and oxygen atoms in total. The van der Waals surface area contributed by atoms with E-state index in [9.17, 15) is 18.0 Å². The molecule has 3 rings (SSSR count). The Morgan fingerprint density at radius 1 is 0.897 bits per heavy atom. The van der Waals surface area contributed by atoms with Crippen LogP contribution in [0.25, 0.3) is 0 Å². The Kier molecular flexibility index (Phi) is 10.9. The van der Waals surface area contributed by atoms with Crippen LogP contribution < -0.4 is 4.90 Å². The van der Waals surface area contributed by atoms with Crippen LogP contribution >= 0.6 is 67.8 Å². The van der Waals surface area contributed by atoms with Crippen molar-refractivity contribution in [3.05, 3.63) is 88.6 Å². The number of nitrogens with zero attached hydrogens (tertiary/aromatic N) is 2. The highest BCUT2D eigenvalue weighted by atomic mass is 127. The molecule has 208 valence electrons. The fraction of sp³-hybridized carbons (Fsp3) is 0.310. The van der Waals surface area contributed by atoms with E-state index in [1.807, 2.05) is 45.9 Å². The normalized spacial score (nSPS) is 12.6. The second kappa shape index (κ2) is 13.1. The van der Waals surface area contributed by atoms with E-state index >= 15 is 0 Å². The summed E-state index contributed by atoms with van der Waals surface area (Å²) in [5.74, 6) is -0.819. The van der Waals surface area contributed by atoms with E-state index in [0.29, 0.717) is 17.7 Å². The van der Waals surface area contributed by atoms with Crippen molar-refractivity contribution in [3.63, 3.8) is 0 Å². The molecule has 0 saturated carbocycles. The maximum Gasteiger partial charge on any atom is 0.266 e. The van der Waals surface area contributed by atoms with Crippen molar-refractivity contribution in [2.45, 2.75) is 51.5 Å². The summed E-state index contributed by atoms with van der Waals surface area (Å²) in [5.41, 5.74) is 1.83. The first kappa shape index (κ1) is 32.3. The van der Waals surface area contributed by atoms with Gasteiger partial charge in [0.15, 0.2) is 0 Å². The Balaban J connectivity index is 2.09. The zero-order valence-corrected chi connectivity index (χ0v) is 29.7. The molecule has 0 spiro atoms. The van der Waals surface area contributed by atoms with E-state index in [2.05, 4.69) is 67.8 Å². The summed E-state index contributed by atoms with van der Waals surface area (Å²) >= 11 is 6.77. The van der Waals surface area contributed by atoms with Gasteiger partial charge in [0.05, 0.1) is 4.90 Å². The van der Waals surface area contributed by atoms with E-state index in [1.165, 1.54) is 19.2 Å². The lowest BCUT2D eigenvalue weighted by Gasteiger charge is -2.36. The fourth-order valence-electron chi connectivity index (χ4n) is 4.19. The lowest BCUT2D eigenvalue weighted by molar-refractivity contribution is -0.126. The number of rotatable bonds is 8. The van der Waals surface area contributed by atoms with Crippen molar-refractivity contribution in [1.82, 2.24) is 4.31 Å². The molecule has 0 aromatic heterocycles. The number of carbonyl (C=O) groups excluding carboxylic acids is 2. The van der Waals surface area contributed by atoms with Crippen molar-refractivity contribution < 1.29 is 18.0 Å². The van der Waals surface area contributed by atoms with Gasteiger partial charge in [-0.25, -0.2) is 12.7 Å². The molecule has 0 unspecified atom stereocenters. The molecule has 2 amide bonds. The molecule has 10 heteroatoms. The fourth-order valence-corrected chi connectivity index (χ4v) is 7.37. The van der Waals surface area contributed by atoms with Crippen LogP contribution in [0.15, 0.2) is 71.6 Å². The minimum atomic E-state index is -4.05. The summed E-state index contributed by atoms with van der Waals surface area (Å²) in [4.78, 5) is 29.4. The SMILES string of the molecule is Cc1ccc(S(=O)(=O)N(C)C(=O)C[C@H](CC(C)(C)C)N(C(=O)c2ccccc2)c2cc(I)c(I)c(I)c2)cc1. The highest BCUT2D eigenvalue weighted by Crippen LogP contribution is 2.34. The molecule has 0 aliphatic heterocycles. The Bertz CT molecular complexity index is 1430. The van der Waals surface area contributed by atoms with E-state index in [-0.39, 0.29) is 22.6 Å². The predicted molar refractivity (Wildman–Crippen MR) is 181 cm³/mol. The molecule has 1 atom stereocenters. The molecule has 0 N–H and O–H groups in total. The van der Waals surface area contributed by atoms with E-state index in [4.69, 9.17) is 0 Å². The van der Waals surface area contributed by atoms with Gasteiger partial charge in [-0.05, 0) is 123 Å². The lowest BCUT2D eigenvalue weighted by atomic mass is 9.85. The van der Waals surface area contributed by atoms with Gasteiger partial charge in [0.1, 0.15) is 0 Å². The summed E-state index contributed by atoms with van der Waals surface area (Å²) in [6, 6.07) is 18.7. The van der Waals surface area contributed by atoms with Gasteiger partial charge in [0, 0.05) is 41.5 Å². The molecule has 0 fully saturated rings. The largest absolute Gasteiger partial charge is 0.305 e. The number of benzene rings is 3. The zero-order valence-electron chi connectivity index (χ0n) is 22.4. The second-order valence-electron chi connectivity index (χ2n) is 10.6. The molecule has 0 aliphatic rings. The minimum Gasteiger partial charge on any atom is -0.305 e. The smallest absolute Gasteiger partial charge is 0.266 e. The van der Waals surface area contributed by atoms with Gasteiger partial charge < -0.3 is 4.90 Å². The van der Waals surface area contributed by atoms with Crippen molar-refractivity contribution in [3.8, 4) is 0 Å². The molecule has 0 saturated heterocycles. The molecule has 3 aromatic rings. The number of carbonyl (C=O) groups is 2. The van der Waals surface area contributed by atoms with E-state index in [0.717, 1.165) is 20.6 Å². The van der Waals surface area contributed by atoms with Gasteiger partial charge in [-0.2, -0.15) is 0 Å². The molecule has 0 aliphatic carbocycles. The number of halogens is 3. The van der Waals surface area contributed by atoms with Crippen LogP contribution in [0.2, 0.25) is 0 Å². The average molecular weight is 884 g/mol. The molecule has 0 heterocycles. The number of hydrogen-bond donors (Lipinski definition) is 0. The second-order valence-corrected chi connectivity index (χ2v) is 15.9. The molecule has 0 radical (unpaired) electrons. The van der Waals surface area contributed by atoms with Gasteiger partial charge in [-0.1, -0.05) is 56.7 Å². The van der Waals surface area contributed by atoms with Gasteiger partial charge in [-0.3, -0.25) is 9.59 Å². The van der Waals surface area contributed by atoms with Crippen LogP contribution in [-0.2, 0) is 14.8 Å². The standard InChI is InChI=1S/C29H31I3N2O4S/c1-19-11-13-23(14-12-19)39(37,38)33(5)26(35)17-22(18-29(2,3)4)34(28(36)20-9-7-6-8-10-20)21-15-24(30)27(32)25(31)16-21/h6-16,22H,17-18H2,1-5H3/t22-/m1/s1. The van der Waals surface area contributed by atoms with Crippen LogP contribution in [0, 0.1) is 23.0 Å². The minimum absolute atomic E-state index is 0.0512. The summed E-state index contributed by atoms with van der Waals surface area (Å²) < 4.78 is 30.5. The first-order chi connectivity index (χ1) is 18.1. The van der Waals surface area contributed by atoms with Gasteiger partial charge in [0.25, 0.3) is 15.9 Å². The van der Waals surface area contributed by atoms with Gasteiger partial charge >= 0.3 is 0 Å². The predicted octanol–water partition coefficient (Wildman–Crippen LogP) is 7.50. The monoisotopic (exact) mass is 884 g/mol. The van der Waals surface area contributed by atoms with Gasteiger partial charge in [-0.15, -0.1) is 0 Å². The van der Waals surface area contributed by atoms with Crippen LogP contribution in [0.4, 0.5) is 5.69 Å². The van der Waals surface area contributed by atoms with Crippen LogP contribution in [-0.4, -0.2) is 37.6 Å². The van der Waals surface area contributed by atoms with Crippen molar-refractivity contribution in [2.75, 3.05) is 11.9 Å². The summed E-state index contributed by atoms with van der Waals surface area (Å²) in [7, 11) is -2.77. The van der Waals surface area contributed by atoms with Crippen molar-refractivity contribution >= 4 is 95.3 Å². The first-order valence-corrected chi connectivity index (χ1v) is 16.9. The quantitative estimate of drug-likeness (QED) is 0.174. The molecular formula is C29H31I3N2O4S. The molecular weight excluding hydrogens is 853 g/mol. The Labute approximate surface area is 272 Å². The maximum absolute atomic E-state index is 14.1. The average Bonchev–Trinajstić information content (AvgIpc) is 2.86. The van der Waals surface area contributed by atoms with Crippen LogP contribution in [0.5, 0.6) is 0 Å². The Morgan fingerprint density at radius 2 is 1.44 bits per heavy atom. The van der Waals surface area contributed by atoms with E-state index in [1.54, 1.807) is 41.3 Å². The Hall–Kier alpha value is -1.26. The summed E-state index contributed by atoms with van der Waals surface area (Å²) in [5, 5.41) is 0. The number of hydrogen-bond acceptors (Lipinski definition) is 4. The zero-order chi connectivity index (χ0) is 29.1. The molecule has 39 heavy (non-hydrogen) atoms. The number of aryl methyl sites for hydroxylation is 1. The number of amides is 2. The van der Waals surface area contributed by atoms with Crippen LogP contribution in [0.3, 0.4) is 0 Å². The van der Waals surface area contributed by atoms with E-state index < -0.39 is 22.0 Å². The highest BCUT2D eigenvalue weighted by molar-refractivity contribution is 14.1. The summed E-state index contributed by atoms with van der Waals surface area (Å²) in [6.07, 6.45) is 0.325. The molecule has 3 aromatic carbocycles. The maximum atomic E-state index is 14.1. The molecule has 0 bridgehead atoms. The third-order valence-corrected chi connectivity index (χ3v) is 12.9. The van der Waals surface area contributed by atoms with Crippen molar-refractivity contribution in [1.29, 1.82) is 0 Å². The first-order valence-electron chi connectivity index (χ1n) is 12.2.